The number of fused-ring (bicyclic) bond motifs is 1. The number of alkyl halides is 1. The fraction of sp³-hybridized carbons (Fsp3) is 0.524. The van der Waals surface area contributed by atoms with Gasteiger partial charge in [0.1, 0.15) is 0 Å². The summed E-state index contributed by atoms with van der Waals surface area (Å²) in [5.41, 5.74) is 0. The molecule has 0 N–H and O–H groups in total. The molecule has 0 aliphatic rings. The topological polar surface area (TPSA) is 61.8 Å². The Bertz CT molecular complexity index is 801. The van der Waals surface area contributed by atoms with Crippen molar-refractivity contribution in [3.63, 3.8) is 0 Å². The van der Waals surface area contributed by atoms with Crippen LogP contribution in [0.25, 0.3) is 10.1 Å². The molecule has 28 heavy (non-hydrogen) atoms. The molecule has 0 radical (unpaired) electrons. The molecule has 7 heteroatoms. The smallest absolute Gasteiger partial charge is 0.308 e. The summed E-state index contributed by atoms with van der Waals surface area (Å²) < 4.78 is 17.0. The molecule has 0 fully saturated rings. The molecule has 2 aromatic rings. The number of ether oxygens (including phenoxy) is 3. The Morgan fingerprint density at radius 1 is 1.07 bits per heavy atom. The summed E-state index contributed by atoms with van der Waals surface area (Å²) in [4.78, 5) is 24.7. The number of hydrogen-bond acceptors (Lipinski definition) is 6. The van der Waals surface area contributed by atoms with E-state index < -0.39 is 5.92 Å². The molecule has 1 atom stereocenters. The van der Waals surface area contributed by atoms with E-state index in [9.17, 15) is 9.59 Å². The van der Waals surface area contributed by atoms with Crippen molar-refractivity contribution in [3.8, 4) is 11.5 Å². The van der Waals surface area contributed by atoms with Crippen molar-refractivity contribution in [2.75, 3.05) is 26.2 Å². The standard InChI is InChI=1S/C21H27BrO5S/c1-14(21(24)26-3)10-16(23)20-12-15-11-18(17(25-2)13-19(15)28-20)27-9-7-5-4-6-8-22/h11-14H,4-10H2,1-3H3/t14-/m0/s1. The highest BCUT2D eigenvalue weighted by Crippen LogP contribution is 2.37. The number of hydrogen-bond donors (Lipinski definition) is 0. The number of esters is 1. The van der Waals surface area contributed by atoms with Crippen LogP contribution < -0.4 is 9.47 Å². The quantitative estimate of drug-likeness (QED) is 0.174. The third kappa shape index (κ3) is 6.21. The van der Waals surface area contributed by atoms with E-state index in [1.807, 2.05) is 18.2 Å². The lowest BCUT2D eigenvalue weighted by atomic mass is 10.0. The number of unbranched alkanes of at least 4 members (excludes halogenated alkanes) is 3. The fourth-order valence-electron chi connectivity index (χ4n) is 2.85. The van der Waals surface area contributed by atoms with Gasteiger partial charge in [-0.25, -0.2) is 0 Å². The maximum absolute atomic E-state index is 12.5. The van der Waals surface area contributed by atoms with Gasteiger partial charge in [0.2, 0.25) is 0 Å². The van der Waals surface area contributed by atoms with E-state index in [1.54, 1.807) is 14.0 Å². The Kier molecular flexibility index (Phi) is 9.25. The monoisotopic (exact) mass is 470 g/mol. The fourth-order valence-corrected chi connectivity index (χ4v) is 4.27. The Balaban J connectivity index is 2.08. The molecule has 1 aromatic carbocycles. The van der Waals surface area contributed by atoms with E-state index >= 15 is 0 Å². The summed E-state index contributed by atoms with van der Waals surface area (Å²) in [6.07, 6.45) is 4.62. The molecule has 154 valence electrons. The predicted octanol–water partition coefficient (Wildman–Crippen LogP) is 5.63. The third-order valence-electron chi connectivity index (χ3n) is 4.46. The number of benzene rings is 1. The molecule has 0 bridgehead atoms. The van der Waals surface area contributed by atoms with Gasteiger partial charge in [-0.2, -0.15) is 0 Å². The third-order valence-corrected chi connectivity index (χ3v) is 6.16. The first-order valence-corrected chi connectivity index (χ1v) is 11.3. The zero-order chi connectivity index (χ0) is 20.5. The number of carbonyl (C=O) groups excluding carboxylic acids is 2. The normalized spacial score (nSPS) is 12.0. The van der Waals surface area contributed by atoms with Crippen molar-refractivity contribution in [1.82, 2.24) is 0 Å². The number of ketones is 1. The maximum Gasteiger partial charge on any atom is 0.308 e. The van der Waals surface area contributed by atoms with Crippen molar-refractivity contribution >= 4 is 49.1 Å². The summed E-state index contributed by atoms with van der Waals surface area (Å²) in [5, 5.41) is 1.98. The molecule has 5 nitrogen and oxygen atoms in total. The zero-order valence-electron chi connectivity index (χ0n) is 16.6. The maximum atomic E-state index is 12.5. The van der Waals surface area contributed by atoms with Crippen LogP contribution in [0.3, 0.4) is 0 Å². The van der Waals surface area contributed by atoms with Gasteiger partial charge in [0.25, 0.3) is 0 Å². The number of Topliss-reactive ketones (excluding diaryl/α,β-unsaturated/α-hetero) is 1. The minimum Gasteiger partial charge on any atom is -0.493 e. The minimum absolute atomic E-state index is 0.0627. The highest BCUT2D eigenvalue weighted by molar-refractivity contribution is 9.09. The van der Waals surface area contributed by atoms with Gasteiger partial charge in [-0.3, -0.25) is 9.59 Å². The van der Waals surface area contributed by atoms with Crippen molar-refractivity contribution in [2.24, 2.45) is 5.92 Å². The summed E-state index contributed by atoms with van der Waals surface area (Å²) >= 11 is 4.84. The molecule has 0 saturated heterocycles. The van der Waals surface area contributed by atoms with E-state index in [1.165, 1.54) is 31.3 Å². The van der Waals surface area contributed by atoms with E-state index in [-0.39, 0.29) is 18.2 Å². The molecule has 0 aliphatic carbocycles. The molecule has 1 heterocycles. The lowest BCUT2D eigenvalue weighted by Gasteiger charge is -2.10. The first-order valence-electron chi connectivity index (χ1n) is 9.41. The van der Waals surface area contributed by atoms with Gasteiger partial charge in [-0.15, -0.1) is 11.3 Å². The second-order valence-corrected chi connectivity index (χ2v) is 8.53. The minimum atomic E-state index is -0.458. The summed E-state index contributed by atoms with van der Waals surface area (Å²) in [6.45, 7) is 2.33. The molecule has 0 aliphatic heterocycles. The van der Waals surface area contributed by atoms with Gasteiger partial charge in [-0.1, -0.05) is 35.7 Å². The molecule has 0 unspecified atom stereocenters. The molecule has 0 saturated carbocycles. The van der Waals surface area contributed by atoms with Crippen molar-refractivity contribution in [2.45, 2.75) is 39.0 Å². The van der Waals surface area contributed by atoms with Gasteiger partial charge in [0.05, 0.1) is 31.6 Å². The van der Waals surface area contributed by atoms with Gasteiger partial charge in [-0.05, 0) is 30.4 Å². The van der Waals surface area contributed by atoms with E-state index in [2.05, 4.69) is 15.9 Å². The van der Waals surface area contributed by atoms with Crippen LogP contribution in [0.4, 0.5) is 0 Å². The first-order chi connectivity index (χ1) is 13.5. The van der Waals surface area contributed by atoms with E-state index in [0.717, 1.165) is 28.3 Å². The molecular weight excluding hydrogens is 444 g/mol. The van der Waals surface area contributed by atoms with Crippen LogP contribution in [0.1, 0.15) is 48.7 Å². The Hall–Kier alpha value is -1.60. The number of methoxy groups -OCH3 is 2. The van der Waals surface area contributed by atoms with Gasteiger partial charge < -0.3 is 14.2 Å². The predicted molar refractivity (Wildman–Crippen MR) is 116 cm³/mol. The van der Waals surface area contributed by atoms with Crippen molar-refractivity contribution in [3.05, 3.63) is 23.1 Å². The number of carbonyl (C=O) groups is 2. The van der Waals surface area contributed by atoms with Crippen LogP contribution in [-0.4, -0.2) is 37.9 Å². The van der Waals surface area contributed by atoms with E-state index in [0.29, 0.717) is 23.0 Å². The first kappa shape index (κ1) is 22.7. The number of rotatable bonds is 12. The highest BCUT2D eigenvalue weighted by Gasteiger charge is 2.20. The second-order valence-electron chi connectivity index (χ2n) is 6.65. The average Bonchev–Trinajstić information content (AvgIpc) is 3.12. The van der Waals surface area contributed by atoms with E-state index in [4.69, 9.17) is 14.2 Å². The average molecular weight is 471 g/mol. The second kappa shape index (κ2) is 11.4. The van der Waals surface area contributed by atoms with Crippen LogP contribution in [0, 0.1) is 5.92 Å². The van der Waals surface area contributed by atoms with Gasteiger partial charge >= 0.3 is 5.97 Å². The van der Waals surface area contributed by atoms with Crippen molar-refractivity contribution < 1.29 is 23.8 Å². The highest BCUT2D eigenvalue weighted by atomic mass is 79.9. The molecule has 0 spiro atoms. The zero-order valence-corrected chi connectivity index (χ0v) is 19.0. The lowest BCUT2D eigenvalue weighted by molar-refractivity contribution is -0.144. The Morgan fingerprint density at radius 2 is 1.82 bits per heavy atom. The van der Waals surface area contributed by atoms with Gasteiger partial charge in [0, 0.05) is 22.5 Å². The lowest BCUT2D eigenvalue weighted by Crippen LogP contribution is -2.16. The van der Waals surface area contributed by atoms with Crippen LogP contribution in [0.15, 0.2) is 18.2 Å². The molecular formula is C21H27BrO5S. The Labute approximate surface area is 178 Å². The SMILES string of the molecule is COC(=O)[C@@H](C)CC(=O)c1cc2cc(OCCCCCCBr)c(OC)cc2s1. The number of halogens is 1. The van der Waals surface area contributed by atoms with Crippen LogP contribution in [-0.2, 0) is 9.53 Å². The summed E-state index contributed by atoms with van der Waals surface area (Å²) in [6, 6.07) is 5.68. The Morgan fingerprint density at radius 3 is 2.50 bits per heavy atom. The van der Waals surface area contributed by atoms with Gasteiger partial charge in [0.15, 0.2) is 17.3 Å². The number of thiophene rings is 1. The van der Waals surface area contributed by atoms with Crippen LogP contribution in [0.5, 0.6) is 11.5 Å². The van der Waals surface area contributed by atoms with Crippen LogP contribution >= 0.6 is 27.3 Å². The van der Waals surface area contributed by atoms with Crippen molar-refractivity contribution in [1.29, 1.82) is 0 Å². The molecule has 2 rings (SSSR count). The molecule has 0 amide bonds. The largest absolute Gasteiger partial charge is 0.493 e. The molecule has 1 aromatic heterocycles. The summed E-state index contributed by atoms with van der Waals surface area (Å²) in [5.74, 6) is 0.461. The van der Waals surface area contributed by atoms with Crippen LogP contribution in [0.2, 0.25) is 0 Å². The summed E-state index contributed by atoms with van der Waals surface area (Å²) in [7, 11) is 2.94.